The Balaban J connectivity index is 1.84. The van der Waals surface area contributed by atoms with Gasteiger partial charge < -0.3 is 23.7 Å². The summed E-state index contributed by atoms with van der Waals surface area (Å²) in [6, 6.07) is 10.0. The van der Waals surface area contributed by atoms with Gasteiger partial charge >= 0.3 is 0 Å². The predicted octanol–water partition coefficient (Wildman–Crippen LogP) is 2.12. The van der Waals surface area contributed by atoms with E-state index in [4.69, 9.17) is 23.7 Å². The Morgan fingerprint density at radius 2 is 2.10 bits per heavy atom. The van der Waals surface area contributed by atoms with Crippen molar-refractivity contribution in [1.29, 1.82) is 0 Å². The molecule has 1 saturated heterocycles. The Bertz CT molecular complexity index is 408. The maximum atomic E-state index is 5.73. The highest BCUT2D eigenvalue weighted by molar-refractivity contribution is 5.13. The third-order valence-corrected chi connectivity index (χ3v) is 3.24. The van der Waals surface area contributed by atoms with Crippen molar-refractivity contribution in [2.24, 2.45) is 0 Å². The number of hydrogen-bond donors (Lipinski definition) is 0. The first-order chi connectivity index (χ1) is 10.3. The first-order valence-electron chi connectivity index (χ1n) is 6.93. The lowest BCUT2D eigenvalue weighted by atomic mass is 10.1. The minimum absolute atomic E-state index is 0.177. The highest BCUT2D eigenvalue weighted by Crippen LogP contribution is 2.19. The largest absolute Gasteiger partial charge is 0.374 e. The van der Waals surface area contributed by atoms with Crippen molar-refractivity contribution in [3.05, 3.63) is 48.6 Å². The number of benzene rings is 1. The predicted molar refractivity (Wildman–Crippen MR) is 77.7 cm³/mol. The summed E-state index contributed by atoms with van der Waals surface area (Å²) in [5, 5.41) is 0. The summed E-state index contributed by atoms with van der Waals surface area (Å²) >= 11 is 0. The quantitative estimate of drug-likeness (QED) is 0.543. The van der Waals surface area contributed by atoms with Crippen LogP contribution in [0.3, 0.4) is 0 Å². The van der Waals surface area contributed by atoms with E-state index in [-0.39, 0.29) is 31.9 Å². The number of methoxy groups -OCH3 is 1. The molecule has 0 bridgehead atoms. The molecule has 3 atom stereocenters. The van der Waals surface area contributed by atoms with E-state index in [1.54, 1.807) is 13.2 Å². The first-order valence-corrected chi connectivity index (χ1v) is 6.93. The molecular weight excluding hydrogens is 272 g/mol. The Morgan fingerprint density at radius 1 is 1.29 bits per heavy atom. The van der Waals surface area contributed by atoms with Crippen LogP contribution >= 0.6 is 0 Å². The van der Waals surface area contributed by atoms with Crippen molar-refractivity contribution in [1.82, 2.24) is 0 Å². The monoisotopic (exact) mass is 294 g/mol. The van der Waals surface area contributed by atoms with Crippen LogP contribution in [-0.4, -0.2) is 45.6 Å². The highest BCUT2D eigenvalue weighted by atomic mass is 16.7. The molecule has 21 heavy (non-hydrogen) atoms. The summed E-state index contributed by atoms with van der Waals surface area (Å²) in [5.41, 5.74) is 1.12. The molecule has 0 amide bonds. The lowest BCUT2D eigenvalue weighted by Gasteiger charge is -2.36. The van der Waals surface area contributed by atoms with Crippen LogP contribution in [0.25, 0.3) is 0 Å². The highest BCUT2D eigenvalue weighted by Gasteiger charge is 2.34. The second-order valence-electron chi connectivity index (χ2n) is 4.73. The smallest absolute Gasteiger partial charge is 0.148 e. The van der Waals surface area contributed by atoms with Gasteiger partial charge in [0.15, 0.2) is 0 Å². The van der Waals surface area contributed by atoms with Gasteiger partial charge in [-0.15, -0.1) is 6.58 Å². The molecule has 1 heterocycles. The number of ether oxygens (including phenoxy) is 5. The van der Waals surface area contributed by atoms with Crippen molar-refractivity contribution in [2.45, 2.75) is 24.9 Å². The fraction of sp³-hybridized carbons (Fsp3) is 0.500. The zero-order chi connectivity index (χ0) is 14.9. The molecule has 1 unspecified atom stereocenters. The maximum Gasteiger partial charge on any atom is 0.148 e. The Morgan fingerprint density at radius 3 is 2.81 bits per heavy atom. The van der Waals surface area contributed by atoms with Gasteiger partial charge in [-0.25, -0.2) is 0 Å². The topological polar surface area (TPSA) is 46.2 Å². The first kappa shape index (κ1) is 16.1. The van der Waals surface area contributed by atoms with Crippen molar-refractivity contribution in [2.75, 3.05) is 27.3 Å². The average molecular weight is 294 g/mol. The van der Waals surface area contributed by atoms with Crippen molar-refractivity contribution in [3.63, 3.8) is 0 Å². The second kappa shape index (κ2) is 8.92. The van der Waals surface area contributed by atoms with Gasteiger partial charge in [-0.05, 0) is 5.56 Å². The summed E-state index contributed by atoms with van der Waals surface area (Å²) in [4.78, 5) is 0. The van der Waals surface area contributed by atoms with Crippen LogP contribution in [0.15, 0.2) is 43.0 Å². The van der Waals surface area contributed by atoms with E-state index in [0.29, 0.717) is 13.2 Å². The second-order valence-corrected chi connectivity index (χ2v) is 4.73. The lowest BCUT2D eigenvalue weighted by Crippen LogP contribution is -2.49. The van der Waals surface area contributed by atoms with Gasteiger partial charge in [0.25, 0.3) is 0 Å². The van der Waals surface area contributed by atoms with E-state index in [2.05, 4.69) is 6.58 Å². The minimum atomic E-state index is -0.285. The van der Waals surface area contributed by atoms with E-state index in [0.717, 1.165) is 5.56 Å². The summed E-state index contributed by atoms with van der Waals surface area (Å²) < 4.78 is 27.3. The normalized spacial score (nSPS) is 25.7. The molecule has 1 aliphatic heterocycles. The summed E-state index contributed by atoms with van der Waals surface area (Å²) in [7, 11) is 1.58. The summed E-state index contributed by atoms with van der Waals surface area (Å²) in [5.74, 6) is 0. The molecular formula is C16H22O5. The molecule has 0 N–H and O–H groups in total. The molecule has 116 valence electrons. The van der Waals surface area contributed by atoms with Crippen LogP contribution in [0.4, 0.5) is 0 Å². The molecule has 0 radical (unpaired) electrons. The van der Waals surface area contributed by atoms with Crippen LogP contribution < -0.4 is 0 Å². The molecule has 1 aromatic rings. The number of rotatable bonds is 8. The van der Waals surface area contributed by atoms with E-state index >= 15 is 0 Å². The van der Waals surface area contributed by atoms with Crippen molar-refractivity contribution < 1.29 is 23.7 Å². The van der Waals surface area contributed by atoms with Crippen LogP contribution in [0.1, 0.15) is 5.56 Å². The van der Waals surface area contributed by atoms with E-state index < -0.39 is 0 Å². The van der Waals surface area contributed by atoms with Crippen molar-refractivity contribution >= 4 is 0 Å². The van der Waals surface area contributed by atoms with Gasteiger partial charge in [0.1, 0.15) is 31.9 Å². The number of hydrogen-bond acceptors (Lipinski definition) is 5. The molecule has 2 rings (SSSR count). The molecule has 0 spiro atoms. The zero-order valence-electron chi connectivity index (χ0n) is 12.3. The maximum absolute atomic E-state index is 5.73. The van der Waals surface area contributed by atoms with Crippen LogP contribution in [0.2, 0.25) is 0 Å². The standard InChI is InChI=1S/C16H22O5/c1-3-14-16(21-11-17-2)15(20-12-19-14)10-18-9-13-7-5-4-6-8-13/h3-8,14-16H,1,9-12H2,2H3/t14-,15+,16?/m0/s1. The van der Waals surface area contributed by atoms with E-state index in [9.17, 15) is 0 Å². The molecule has 0 saturated carbocycles. The van der Waals surface area contributed by atoms with Gasteiger partial charge in [-0.3, -0.25) is 0 Å². The molecule has 1 aromatic carbocycles. The SMILES string of the molecule is C=C[C@@H]1OCO[C@H](COCc2ccccc2)C1OCOC. The Kier molecular flexibility index (Phi) is 6.85. The molecule has 1 aliphatic rings. The summed E-state index contributed by atoms with van der Waals surface area (Å²) in [6.45, 7) is 5.12. The minimum Gasteiger partial charge on any atom is -0.374 e. The molecule has 5 nitrogen and oxygen atoms in total. The average Bonchev–Trinajstić information content (AvgIpc) is 2.54. The lowest BCUT2D eigenvalue weighted by molar-refractivity contribution is -0.256. The van der Waals surface area contributed by atoms with Crippen LogP contribution in [0, 0.1) is 0 Å². The Labute approximate surface area is 125 Å². The van der Waals surface area contributed by atoms with Gasteiger partial charge in [0.2, 0.25) is 0 Å². The molecule has 1 fully saturated rings. The zero-order valence-corrected chi connectivity index (χ0v) is 12.3. The van der Waals surface area contributed by atoms with Gasteiger partial charge in [-0.1, -0.05) is 36.4 Å². The molecule has 0 aromatic heterocycles. The van der Waals surface area contributed by atoms with Gasteiger partial charge in [0, 0.05) is 7.11 Å². The fourth-order valence-electron chi connectivity index (χ4n) is 2.17. The van der Waals surface area contributed by atoms with Gasteiger partial charge in [0.05, 0.1) is 13.2 Å². The molecule has 5 heteroatoms. The van der Waals surface area contributed by atoms with Gasteiger partial charge in [-0.2, -0.15) is 0 Å². The van der Waals surface area contributed by atoms with E-state index in [1.165, 1.54) is 0 Å². The van der Waals surface area contributed by atoms with Crippen LogP contribution in [0.5, 0.6) is 0 Å². The fourth-order valence-corrected chi connectivity index (χ4v) is 2.17. The third-order valence-electron chi connectivity index (χ3n) is 3.24. The van der Waals surface area contributed by atoms with Crippen LogP contribution in [-0.2, 0) is 30.3 Å². The van der Waals surface area contributed by atoms with E-state index in [1.807, 2.05) is 30.3 Å². The third kappa shape index (κ3) is 4.91. The van der Waals surface area contributed by atoms with Crippen molar-refractivity contribution in [3.8, 4) is 0 Å². The summed E-state index contributed by atoms with van der Waals surface area (Å²) in [6.07, 6.45) is 0.999. The Hall–Kier alpha value is -1.24. The molecule has 0 aliphatic carbocycles.